The fraction of sp³-hybridized carbons (Fsp3) is 0.259. The van der Waals surface area contributed by atoms with E-state index in [4.69, 9.17) is 21.3 Å². The molecule has 1 unspecified atom stereocenters. The number of rotatable bonds is 7. The minimum absolute atomic E-state index is 0.0835. The van der Waals surface area contributed by atoms with Crippen molar-refractivity contribution in [3.63, 3.8) is 0 Å². The highest BCUT2D eigenvalue weighted by atomic mass is 35.5. The third-order valence-electron chi connectivity index (χ3n) is 6.40. The molecule has 1 atom stereocenters. The molecule has 0 N–H and O–H groups in total. The third-order valence-corrected chi connectivity index (χ3v) is 9.45. The van der Waals surface area contributed by atoms with Crippen molar-refractivity contribution >= 4 is 59.9 Å². The van der Waals surface area contributed by atoms with E-state index in [-0.39, 0.29) is 16.9 Å². The highest BCUT2D eigenvalue weighted by Gasteiger charge is 2.28. The van der Waals surface area contributed by atoms with Gasteiger partial charge in [-0.1, -0.05) is 41.1 Å². The molecule has 4 aromatic rings. The summed E-state index contributed by atoms with van der Waals surface area (Å²) in [4.78, 5) is 20.2. The second kappa shape index (κ2) is 10.4. The van der Waals surface area contributed by atoms with Crippen molar-refractivity contribution in [3.8, 4) is 0 Å². The number of fused-ring (bicyclic) bond motifs is 1. The number of hydrogen-bond acceptors (Lipinski definition) is 6. The van der Waals surface area contributed by atoms with Crippen molar-refractivity contribution in [1.29, 1.82) is 0 Å². The van der Waals surface area contributed by atoms with Crippen LogP contribution in [0, 0.1) is 6.92 Å². The second-order valence-corrected chi connectivity index (χ2v) is 12.4. The van der Waals surface area contributed by atoms with Crippen LogP contribution in [0.15, 0.2) is 71.6 Å². The van der Waals surface area contributed by atoms with Crippen molar-refractivity contribution in [1.82, 2.24) is 4.98 Å². The first-order chi connectivity index (χ1) is 17.7. The molecule has 0 bridgehead atoms. The van der Waals surface area contributed by atoms with Crippen molar-refractivity contribution in [2.24, 2.45) is 0 Å². The predicted octanol–water partition coefficient (Wildman–Crippen LogP) is 5.91. The van der Waals surface area contributed by atoms with Crippen LogP contribution in [0.4, 0.5) is 10.8 Å². The van der Waals surface area contributed by atoms with E-state index in [9.17, 15) is 13.2 Å². The van der Waals surface area contributed by atoms with E-state index in [1.807, 2.05) is 25.1 Å². The fourth-order valence-electron chi connectivity index (χ4n) is 4.36. The van der Waals surface area contributed by atoms with Crippen molar-refractivity contribution in [2.75, 3.05) is 29.4 Å². The maximum Gasteiger partial charge on any atom is 0.264 e. The first-order valence-electron chi connectivity index (χ1n) is 11.9. The van der Waals surface area contributed by atoms with E-state index in [1.54, 1.807) is 41.3 Å². The van der Waals surface area contributed by atoms with Gasteiger partial charge in [0.1, 0.15) is 0 Å². The Morgan fingerprint density at radius 3 is 2.54 bits per heavy atom. The van der Waals surface area contributed by atoms with E-state index in [0.717, 1.165) is 28.6 Å². The van der Waals surface area contributed by atoms with Crippen molar-refractivity contribution in [2.45, 2.75) is 30.8 Å². The number of thiazole rings is 1. The zero-order valence-corrected chi connectivity index (χ0v) is 22.8. The molecule has 1 aliphatic heterocycles. The molecular weight excluding hydrogens is 530 g/mol. The molecule has 10 heteroatoms. The maximum atomic E-state index is 13.7. The van der Waals surface area contributed by atoms with Crippen LogP contribution in [-0.2, 0) is 14.8 Å². The Labute approximate surface area is 225 Å². The smallest absolute Gasteiger partial charge is 0.264 e. The standard InChI is InChI=1S/C27H26ClN3O4S2/c1-18-15-20(28)16-24-25(18)29-27(36-24)31(17-22-9-6-14-35-22)26(32)19-10-12-23(13-11-19)37(33,34)30(2)21-7-4-3-5-8-21/h3-5,7-8,10-13,15-16,22H,6,9,14,17H2,1-2H3. The van der Waals surface area contributed by atoms with Gasteiger partial charge < -0.3 is 4.74 Å². The molecule has 2 heterocycles. The number of ether oxygens (including phenoxy) is 1. The first kappa shape index (κ1) is 25.7. The lowest BCUT2D eigenvalue weighted by atomic mass is 10.2. The molecule has 3 aromatic carbocycles. The quantitative estimate of drug-likeness (QED) is 0.283. The van der Waals surface area contributed by atoms with Crippen LogP contribution in [0.2, 0.25) is 5.02 Å². The summed E-state index contributed by atoms with van der Waals surface area (Å²) < 4.78 is 34.2. The predicted molar refractivity (Wildman–Crippen MR) is 148 cm³/mol. The Bertz CT molecular complexity index is 1530. The number of benzene rings is 3. The van der Waals surface area contributed by atoms with Crippen molar-refractivity contribution in [3.05, 3.63) is 82.9 Å². The zero-order chi connectivity index (χ0) is 26.2. The zero-order valence-electron chi connectivity index (χ0n) is 20.4. The van der Waals surface area contributed by atoms with Gasteiger partial charge in [-0.15, -0.1) is 0 Å². The number of anilines is 2. The number of carbonyl (C=O) groups excluding carboxylic acids is 1. The molecule has 1 fully saturated rings. The molecule has 1 amide bonds. The molecule has 5 rings (SSSR count). The number of amides is 1. The van der Waals surface area contributed by atoms with Gasteiger partial charge in [-0.2, -0.15) is 0 Å². The number of hydrogen-bond donors (Lipinski definition) is 0. The minimum Gasteiger partial charge on any atom is -0.376 e. The summed E-state index contributed by atoms with van der Waals surface area (Å²) in [6.07, 6.45) is 1.73. The lowest BCUT2D eigenvalue weighted by molar-refractivity contribution is 0.0917. The van der Waals surface area contributed by atoms with Gasteiger partial charge in [-0.25, -0.2) is 13.4 Å². The van der Waals surface area contributed by atoms with E-state index in [1.165, 1.54) is 34.8 Å². The summed E-state index contributed by atoms with van der Waals surface area (Å²) in [5.41, 5.74) is 2.66. The Morgan fingerprint density at radius 1 is 1.14 bits per heavy atom. The van der Waals surface area contributed by atoms with Gasteiger partial charge in [-0.3, -0.25) is 14.0 Å². The number of para-hydroxylation sites is 1. The largest absolute Gasteiger partial charge is 0.376 e. The summed E-state index contributed by atoms with van der Waals surface area (Å²) in [5.74, 6) is -0.265. The summed E-state index contributed by atoms with van der Waals surface area (Å²) >= 11 is 7.65. The molecular formula is C27H26ClN3O4S2. The number of nitrogens with zero attached hydrogens (tertiary/aromatic N) is 3. The number of aromatic nitrogens is 1. The molecule has 1 aromatic heterocycles. The van der Waals surface area contributed by atoms with Gasteiger partial charge in [-0.05, 0) is 73.9 Å². The Kier molecular flexibility index (Phi) is 7.22. The normalized spacial score (nSPS) is 15.7. The number of aryl methyl sites for hydroxylation is 1. The average molecular weight is 556 g/mol. The molecule has 37 heavy (non-hydrogen) atoms. The highest BCUT2D eigenvalue weighted by molar-refractivity contribution is 7.92. The van der Waals surface area contributed by atoms with Crippen molar-refractivity contribution < 1.29 is 17.9 Å². The summed E-state index contributed by atoms with van der Waals surface area (Å²) in [5, 5.41) is 1.18. The molecule has 192 valence electrons. The van der Waals surface area contributed by atoms with Gasteiger partial charge in [0.15, 0.2) is 5.13 Å². The Balaban J connectivity index is 1.46. The van der Waals surface area contributed by atoms with Gasteiger partial charge in [0.05, 0.1) is 33.4 Å². The van der Waals surface area contributed by atoms with Crippen LogP contribution in [-0.4, -0.2) is 45.6 Å². The van der Waals surface area contributed by atoms with E-state index in [0.29, 0.717) is 34.6 Å². The lowest BCUT2D eigenvalue weighted by Gasteiger charge is -2.23. The number of sulfonamides is 1. The minimum atomic E-state index is -3.79. The van der Waals surface area contributed by atoms with Gasteiger partial charge >= 0.3 is 0 Å². The maximum absolute atomic E-state index is 13.7. The molecule has 0 radical (unpaired) electrons. The molecule has 0 saturated carbocycles. The van der Waals surface area contributed by atoms with Gasteiger partial charge in [0.25, 0.3) is 15.9 Å². The Hall–Kier alpha value is -2.98. The Morgan fingerprint density at radius 2 is 1.86 bits per heavy atom. The van der Waals surface area contributed by atoms with Crippen LogP contribution in [0.1, 0.15) is 28.8 Å². The van der Waals surface area contributed by atoms with Crippen LogP contribution in [0.3, 0.4) is 0 Å². The SMILES string of the molecule is Cc1cc(Cl)cc2sc(N(CC3CCCO3)C(=O)c3ccc(S(=O)(=O)N(C)c4ccccc4)cc3)nc12. The van der Waals surface area contributed by atoms with Crippen LogP contribution >= 0.6 is 22.9 Å². The van der Waals surface area contributed by atoms with Gasteiger partial charge in [0, 0.05) is 24.2 Å². The second-order valence-electron chi connectivity index (χ2n) is 8.95. The van der Waals surface area contributed by atoms with Gasteiger partial charge in [0.2, 0.25) is 0 Å². The van der Waals surface area contributed by atoms with Crippen LogP contribution in [0.5, 0.6) is 0 Å². The average Bonchev–Trinajstić information content (AvgIpc) is 3.57. The first-order valence-corrected chi connectivity index (χ1v) is 14.5. The van der Waals surface area contributed by atoms with E-state index >= 15 is 0 Å². The molecule has 1 aliphatic rings. The van der Waals surface area contributed by atoms with Crippen LogP contribution in [0.25, 0.3) is 10.2 Å². The molecule has 0 aliphatic carbocycles. The van der Waals surface area contributed by atoms with E-state index in [2.05, 4.69) is 0 Å². The van der Waals surface area contributed by atoms with E-state index < -0.39 is 10.0 Å². The number of halogens is 1. The number of carbonyl (C=O) groups is 1. The molecule has 7 nitrogen and oxygen atoms in total. The molecule has 1 saturated heterocycles. The summed E-state index contributed by atoms with van der Waals surface area (Å²) in [7, 11) is -2.28. The summed E-state index contributed by atoms with van der Waals surface area (Å²) in [6.45, 7) is 2.97. The third kappa shape index (κ3) is 5.22. The highest BCUT2D eigenvalue weighted by Crippen LogP contribution is 2.34. The lowest BCUT2D eigenvalue weighted by Crippen LogP contribution is -2.37. The van der Waals surface area contributed by atoms with Crippen LogP contribution < -0.4 is 9.21 Å². The fourth-order valence-corrected chi connectivity index (χ4v) is 6.98. The molecule has 0 spiro atoms. The topological polar surface area (TPSA) is 79.8 Å². The summed E-state index contributed by atoms with van der Waals surface area (Å²) in [6, 6.07) is 18.6. The monoisotopic (exact) mass is 555 g/mol.